The summed E-state index contributed by atoms with van der Waals surface area (Å²) in [7, 11) is 1.41. The normalized spacial score (nSPS) is 13.2. The molecule has 186 valence electrons. The van der Waals surface area contributed by atoms with E-state index in [0.717, 1.165) is 13.0 Å². The molecule has 3 heterocycles. The monoisotopic (exact) mass is 520 g/mol. The topological polar surface area (TPSA) is 78.5 Å². The second-order valence-corrected chi connectivity index (χ2v) is 7.56. The number of fused-ring (bicyclic) bond motifs is 1. The van der Waals surface area contributed by atoms with Gasteiger partial charge in [0.25, 0.3) is 0 Å². The Labute approximate surface area is 198 Å². The molecule has 3 aromatic heterocycles. The Balaban J connectivity index is 1.72. The van der Waals surface area contributed by atoms with E-state index < -0.39 is 35.5 Å². The maximum absolute atomic E-state index is 13.5. The SMILES string of the molecule is COc1cc(Nc2nc3c(C(F)(F)F)ccc(O[C@@H](C)C(F)(F)F)n3n2)ccc1-n1cnc(Cl)c1. The number of pyridine rings is 1. The lowest BCUT2D eigenvalue weighted by Gasteiger charge is -2.18. The van der Waals surface area contributed by atoms with Crippen molar-refractivity contribution in [2.24, 2.45) is 0 Å². The van der Waals surface area contributed by atoms with Gasteiger partial charge >= 0.3 is 12.4 Å². The number of ether oxygens (including phenoxy) is 2. The molecule has 1 aromatic carbocycles. The Hall–Kier alpha value is -3.68. The lowest BCUT2D eigenvalue weighted by molar-refractivity contribution is -0.190. The van der Waals surface area contributed by atoms with Gasteiger partial charge in [-0.25, -0.2) is 4.98 Å². The number of benzene rings is 1. The summed E-state index contributed by atoms with van der Waals surface area (Å²) in [6, 6.07) is 6.04. The molecule has 8 nitrogen and oxygen atoms in total. The average Bonchev–Trinajstić information content (AvgIpc) is 3.38. The molecule has 0 aliphatic carbocycles. The lowest BCUT2D eigenvalue weighted by Crippen LogP contribution is -2.31. The van der Waals surface area contributed by atoms with Crippen LogP contribution in [0.2, 0.25) is 5.15 Å². The largest absolute Gasteiger partial charge is 0.494 e. The van der Waals surface area contributed by atoms with Crippen molar-refractivity contribution in [3.8, 4) is 17.3 Å². The van der Waals surface area contributed by atoms with Crippen LogP contribution in [0.1, 0.15) is 12.5 Å². The Kier molecular flexibility index (Phi) is 6.17. The van der Waals surface area contributed by atoms with Crippen LogP contribution in [0.15, 0.2) is 42.9 Å². The highest BCUT2D eigenvalue weighted by atomic mass is 35.5. The first-order valence-electron chi connectivity index (χ1n) is 9.72. The molecule has 0 fully saturated rings. The summed E-state index contributed by atoms with van der Waals surface area (Å²) in [5.74, 6) is -0.526. The molecule has 4 aromatic rings. The maximum Gasteiger partial charge on any atom is 0.425 e. The van der Waals surface area contributed by atoms with Gasteiger partial charge in [-0.15, -0.1) is 5.10 Å². The highest BCUT2D eigenvalue weighted by Crippen LogP contribution is 2.35. The van der Waals surface area contributed by atoms with Crippen molar-refractivity contribution in [3.05, 3.63) is 53.6 Å². The van der Waals surface area contributed by atoms with E-state index in [-0.39, 0.29) is 11.1 Å². The number of rotatable bonds is 6. The molecule has 15 heteroatoms. The molecule has 0 amide bonds. The van der Waals surface area contributed by atoms with E-state index in [9.17, 15) is 26.3 Å². The van der Waals surface area contributed by atoms with Crippen LogP contribution >= 0.6 is 11.6 Å². The summed E-state index contributed by atoms with van der Waals surface area (Å²) in [4.78, 5) is 7.74. The second kappa shape index (κ2) is 8.83. The van der Waals surface area contributed by atoms with Gasteiger partial charge in [0.2, 0.25) is 11.8 Å². The van der Waals surface area contributed by atoms with E-state index in [4.69, 9.17) is 21.1 Å². The fourth-order valence-electron chi connectivity index (χ4n) is 3.08. The van der Waals surface area contributed by atoms with Crippen LogP contribution in [-0.2, 0) is 6.18 Å². The van der Waals surface area contributed by atoms with Crippen molar-refractivity contribution < 1.29 is 35.8 Å². The van der Waals surface area contributed by atoms with Crippen LogP contribution in [0.25, 0.3) is 11.3 Å². The van der Waals surface area contributed by atoms with Gasteiger partial charge in [-0.05, 0) is 25.1 Å². The number of methoxy groups -OCH3 is 1. The summed E-state index contributed by atoms with van der Waals surface area (Å²) in [6.07, 6.45) is -8.88. The quantitative estimate of drug-likeness (QED) is 0.330. The van der Waals surface area contributed by atoms with Crippen molar-refractivity contribution in [2.75, 3.05) is 12.4 Å². The smallest absolute Gasteiger partial charge is 0.425 e. The van der Waals surface area contributed by atoms with Crippen molar-refractivity contribution in [1.82, 2.24) is 24.1 Å². The van der Waals surface area contributed by atoms with Gasteiger partial charge in [-0.1, -0.05) is 11.6 Å². The van der Waals surface area contributed by atoms with Crippen LogP contribution in [-0.4, -0.2) is 43.5 Å². The molecule has 0 aliphatic rings. The molecule has 35 heavy (non-hydrogen) atoms. The molecule has 0 unspecified atom stereocenters. The Morgan fingerprint density at radius 1 is 1.09 bits per heavy atom. The third-order valence-corrected chi connectivity index (χ3v) is 4.97. The van der Waals surface area contributed by atoms with Gasteiger partial charge in [0.05, 0.1) is 12.8 Å². The second-order valence-electron chi connectivity index (χ2n) is 7.17. The van der Waals surface area contributed by atoms with Crippen molar-refractivity contribution in [3.63, 3.8) is 0 Å². The fraction of sp³-hybridized carbons (Fsp3) is 0.250. The number of aromatic nitrogens is 5. The first-order valence-corrected chi connectivity index (χ1v) is 10.1. The number of halogens is 7. The number of imidazole rings is 1. The zero-order chi connectivity index (χ0) is 25.5. The van der Waals surface area contributed by atoms with Gasteiger partial charge in [0.1, 0.15) is 22.8 Å². The van der Waals surface area contributed by atoms with Crippen molar-refractivity contribution in [2.45, 2.75) is 25.4 Å². The molecular weight excluding hydrogens is 506 g/mol. The summed E-state index contributed by atoms with van der Waals surface area (Å²) in [5.41, 5.74) is -1.04. The van der Waals surface area contributed by atoms with E-state index in [0.29, 0.717) is 27.7 Å². The zero-order valence-corrected chi connectivity index (χ0v) is 18.6. The van der Waals surface area contributed by atoms with E-state index in [2.05, 4.69) is 20.4 Å². The molecule has 1 N–H and O–H groups in total. The van der Waals surface area contributed by atoms with E-state index in [1.807, 2.05) is 0 Å². The molecule has 0 spiro atoms. The Bertz CT molecular complexity index is 1370. The van der Waals surface area contributed by atoms with Gasteiger partial charge in [-0.3, -0.25) is 0 Å². The number of hydrogen-bond donors (Lipinski definition) is 1. The predicted octanol–water partition coefficient (Wildman–Crippen LogP) is 5.67. The Morgan fingerprint density at radius 3 is 2.43 bits per heavy atom. The summed E-state index contributed by atoms with van der Waals surface area (Å²) < 4.78 is 91.6. The standard InChI is InChI=1S/C20H15ClF6N6O2/c1-10(19(22,23)24)35-16-6-4-12(20(25,26)27)17-30-18(31-33(16)17)29-11-3-5-13(14(7-11)34-2)32-8-15(21)28-9-32/h3-10H,1-2H3,(H,29,31)/t10-/m0/s1. The molecule has 0 saturated heterocycles. The first kappa shape index (κ1) is 24.4. The minimum absolute atomic E-state index is 0.251. The molecular formula is C20H15ClF6N6O2. The van der Waals surface area contributed by atoms with Crippen LogP contribution in [0.4, 0.5) is 38.0 Å². The number of hydrogen-bond acceptors (Lipinski definition) is 6. The lowest BCUT2D eigenvalue weighted by atomic mass is 10.2. The van der Waals surface area contributed by atoms with E-state index >= 15 is 0 Å². The third kappa shape index (κ3) is 5.06. The van der Waals surface area contributed by atoms with Gasteiger partial charge < -0.3 is 19.4 Å². The van der Waals surface area contributed by atoms with E-state index in [1.54, 1.807) is 16.7 Å². The van der Waals surface area contributed by atoms with Gasteiger partial charge in [-0.2, -0.15) is 35.8 Å². The minimum atomic E-state index is -4.84. The first-order chi connectivity index (χ1) is 16.4. The summed E-state index contributed by atoms with van der Waals surface area (Å²) >= 11 is 5.84. The van der Waals surface area contributed by atoms with Crippen molar-refractivity contribution in [1.29, 1.82) is 0 Å². The molecule has 0 radical (unpaired) electrons. The maximum atomic E-state index is 13.5. The number of anilines is 2. The zero-order valence-electron chi connectivity index (χ0n) is 17.8. The number of nitrogens with one attached hydrogen (secondary N) is 1. The number of alkyl halides is 6. The molecule has 4 rings (SSSR count). The Morgan fingerprint density at radius 2 is 1.83 bits per heavy atom. The molecule has 0 bridgehead atoms. The van der Waals surface area contributed by atoms with Crippen LogP contribution in [0.3, 0.4) is 0 Å². The summed E-state index contributed by atoms with van der Waals surface area (Å²) in [5, 5.41) is 6.86. The molecule has 0 aliphatic heterocycles. The van der Waals surface area contributed by atoms with Crippen LogP contribution in [0.5, 0.6) is 11.6 Å². The van der Waals surface area contributed by atoms with Gasteiger partial charge in [0.15, 0.2) is 11.8 Å². The van der Waals surface area contributed by atoms with Gasteiger partial charge in [0, 0.05) is 24.0 Å². The molecule has 1 atom stereocenters. The average molecular weight is 521 g/mol. The third-order valence-electron chi connectivity index (χ3n) is 4.78. The summed E-state index contributed by atoms with van der Waals surface area (Å²) in [6.45, 7) is 0.723. The highest BCUT2D eigenvalue weighted by molar-refractivity contribution is 6.29. The van der Waals surface area contributed by atoms with Crippen LogP contribution < -0.4 is 14.8 Å². The number of nitrogens with zero attached hydrogens (tertiary/aromatic N) is 5. The van der Waals surface area contributed by atoms with Crippen LogP contribution in [0, 0.1) is 0 Å². The molecule has 0 saturated carbocycles. The predicted molar refractivity (Wildman–Crippen MR) is 113 cm³/mol. The minimum Gasteiger partial charge on any atom is -0.494 e. The van der Waals surface area contributed by atoms with Crippen molar-refractivity contribution >= 4 is 28.9 Å². The van der Waals surface area contributed by atoms with E-state index in [1.165, 1.54) is 25.7 Å². The fourth-order valence-corrected chi connectivity index (χ4v) is 3.23. The highest BCUT2D eigenvalue weighted by Gasteiger charge is 2.40.